The van der Waals surface area contributed by atoms with Crippen molar-refractivity contribution in [2.24, 2.45) is 0 Å². The van der Waals surface area contributed by atoms with E-state index in [9.17, 15) is 4.79 Å². The largest absolute Gasteiger partial charge is 0.326 e. The molecule has 21 heavy (non-hydrogen) atoms. The van der Waals surface area contributed by atoms with Crippen LogP contribution in [0.15, 0.2) is 24.3 Å². The van der Waals surface area contributed by atoms with E-state index in [1.807, 2.05) is 18.2 Å². The molecule has 0 spiro atoms. The third-order valence-corrected chi connectivity index (χ3v) is 4.58. The highest BCUT2D eigenvalue weighted by atomic mass is 16.1. The Morgan fingerprint density at radius 3 is 2.52 bits per heavy atom. The monoisotopic (exact) mass is 289 g/mol. The molecule has 0 aliphatic heterocycles. The van der Waals surface area contributed by atoms with Gasteiger partial charge in [0, 0.05) is 31.2 Å². The van der Waals surface area contributed by atoms with Gasteiger partial charge in [0.1, 0.15) is 0 Å². The first-order chi connectivity index (χ1) is 10.0. The highest BCUT2D eigenvalue weighted by Crippen LogP contribution is 2.33. The fourth-order valence-electron chi connectivity index (χ4n) is 3.23. The molecule has 1 aliphatic rings. The number of benzene rings is 1. The lowest BCUT2D eigenvalue weighted by Gasteiger charge is -2.36. The molecule has 116 valence electrons. The van der Waals surface area contributed by atoms with Gasteiger partial charge in [0.25, 0.3) is 0 Å². The van der Waals surface area contributed by atoms with E-state index in [2.05, 4.69) is 35.7 Å². The summed E-state index contributed by atoms with van der Waals surface area (Å²) in [5.74, 6) is -0.0250. The zero-order valence-electron chi connectivity index (χ0n) is 13.4. The zero-order chi connectivity index (χ0) is 15.3. The number of anilines is 1. The Balaban J connectivity index is 1.95. The van der Waals surface area contributed by atoms with Gasteiger partial charge in [0.05, 0.1) is 0 Å². The molecule has 0 aromatic heterocycles. The van der Waals surface area contributed by atoms with Gasteiger partial charge < -0.3 is 15.5 Å². The second kappa shape index (κ2) is 7.05. The van der Waals surface area contributed by atoms with Crippen molar-refractivity contribution in [3.05, 3.63) is 29.8 Å². The summed E-state index contributed by atoms with van der Waals surface area (Å²) >= 11 is 0. The molecular formula is C17H27N3O. The lowest BCUT2D eigenvalue weighted by atomic mass is 9.96. The zero-order valence-corrected chi connectivity index (χ0v) is 13.4. The Morgan fingerprint density at radius 1 is 1.24 bits per heavy atom. The van der Waals surface area contributed by atoms with Gasteiger partial charge in [0.2, 0.25) is 5.91 Å². The maximum Gasteiger partial charge on any atom is 0.221 e. The van der Waals surface area contributed by atoms with Crippen LogP contribution >= 0.6 is 0 Å². The summed E-state index contributed by atoms with van der Waals surface area (Å²) in [7, 11) is 4.36. The molecule has 0 bridgehead atoms. The first-order valence-corrected chi connectivity index (χ1v) is 7.77. The van der Waals surface area contributed by atoms with Crippen molar-refractivity contribution in [2.45, 2.75) is 44.7 Å². The highest BCUT2D eigenvalue weighted by Gasteiger charge is 2.35. The van der Waals surface area contributed by atoms with E-state index < -0.39 is 0 Å². The molecule has 1 aromatic carbocycles. The van der Waals surface area contributed by atoms with Gasteiger partial charge in [-0.15, -0.1) is 0 Å². The van der Waals surface area contributed by atoms with E-state index in [-0.39, 0.29) is 5.91 Å². The number of hydrogen-bond acceptors (Lipinski definition) is 3. The number of nitrogens with one attached hydrogen (secondary N) is 2. The molecule has 1 aliphatic carbocycles. The van der Waals surface area contributed by atoms with Gasteiger partial charge in [-0.2, -0.15) is 0 Å². The summed E-state index contributed by atoms with van der Waals surface area (Å²) in [5, 5.41) is 6.48. The average Bonchev–Trinajstić information content (AvgIpc) is 2.90. The van der Waals surface area contributed by atoms with E-state index in [0.717, 1.165) is 24.3 Å². The molecule has 1 aromatic rings. The summed E-state index contributed by atoms with van der Waals surface area (Å²) < 4.78 is 0. The molecule has 2 rings (SSSR count). The molecule has 0 unspecified atom stereocenters. The molecule has 0 atom stereocenters. The van der Waals surface area contributed by atoms with E-state index in [0.29, 0.717) is 5.54 Å². The van der Waals surface area contributed by atoms with Crippen LogP contribution in [0.25, 0.3) is 0 Å². The van der Waals surface area contributed by atoms with Gasteiger partial charge in [-0.1, -0.05) is 31.0 Å². The van der Waals surface area contributed by atoms with Crippen molar-refractivity contribution in [3.8, 4) is 0 Å². The first-order valence-electron chi connectivity index (χ1n) is 7.77. The Kier molecular flexibility index (Phi) is 5.37. The molecule has 1 saturated carbocycles. The van der Waals surface area contributed by atoms with Crippen molar-refractivity contribution in [2.75, 3.05) is 26.0 Å². The van der Waals surface area contributed by atoms with Crippen LogP contribution in [0.3, 0.4) is 0 Å². The van der Waals surface area contributed by atoms with Gasteiger partial charge >= 0.3 is 0 Å². The van der Waals surface area contributed by atoms with Crippen molar-refractivity contribution >= 4 is 11.6 Å². The third kappa shape index (κ3) is 4.05. The molecule has 4 nitrogen and oxygen atoms in total. The van der Waals surface area contributed by atoms with E-state index in [1.54, 1.807) is 6.92 Å². The van der Waals surface area contributed by atoms with Crippen LogP contribution in [0.1, 0.15) is 38.2 Å². The minimum Gasteiger partial charge on any atom is -0.326 e. The summed E-state index contributed by atoms with van der Waals surface area (Å²) in [6.45, 7) is 3.32. The van der Waals surface area contributed by atoms with E-state index in [4.69, 9.17) is 0 Å². The molecular weight excluding hydrogens is 262 g/mol. The number of carbonyl (C=O) groups is 1. The van der Waals surface area contributed by atoms with E-state index in [1.165, 1.54) is 25.7 Å². The Bertz CT molecular complexity index is 479. The normalized spacial score (nSPS) is 17.1. The fourth-order valence-corrected chi connectivity index (χ4v) is 3.23. The Hall–Kier alpha value is -1.39. The Labute approximate surface area is 127 Å². The number of carbonyl (C=O) groups excluding carboxylic acids is 1. The SMILES string of the molecule is CC(=O)Nc1ccccc1CNCC1(N(C)C)CCCC1. The van der Waals surface area contributed by atoms with Crippen LogP contribution < -0.4 is 10.6 Å². The molecule has 0 radical (unpaired) electrons. The number of nitrogens with zero attached hydrogens (tertiary/aromatic N) is 1. The fraction of sp³-hybridized carbons (Fsp3) is 0.588. The van der Waals surface area contributed by atoms with Crippen molar-refractivity contribution in [3.63, 3.8) is 0 Å². The van der Waals surface area contributed by atoms with Crippen LogP contribution in [-0.4, -0.2) is 37.0 Å². The average molecular weight is 289 g/mol. The van der Waals surface area contributed by atoms with Gasteiger partial charge in [-0.3, -0.25) is 4.79 Å². The first kappa shape index (κ1) is 16.0. The van der Waals surface area contributed by atoms with E-state index >= 15 is 0 Å². The van der Waals surface area contributed by atoms with Crippen LogP contribution in [-0.2, 0) is 11.3 Å². The minimum atomic E-state index is -0.0250. The summed E-state index contributed by atoms with van der Waals surface area (Å²) in [4.78, 5) is 13.6. The molecule has 4 heteroatoms. The predicted molar refractivity (Wildman–Crippen MR) is 87.3 cm³/mol. The molecule has 0 saturated heterocycles. The predicted octanol–water partition coefficient (Wildman–Crippen LogP) is 2.61. The van der Waals surface area contributed by atoms with Crippen molar-refractivity contribution < 1.29 is 4.79 Å². The lowest BCUT2D eigenvalue weighted by Crippen LogP contribution is -2.49. The lowest BCUT2D eigenvalue weighted by molar-refractivity contribution is -0.114. The Morgan fingerprint density at radius 2 is 1.90 bits per heavy atom. The number of amides is 1. The van der Waals surface area contributed by atoms with Crippen LogP contribution in [0.2, 0.25) is 0 Å². The molecule has 1 fully saturated rings. The quantitative estimate of drug-likeness (QED) is 0.846. The van der Waals surface area contributed by atoms with Crippen molar-refractivity contribution in [1.29, 1.82) is 0 Å². The van der Waals surface area contributed by atoms with Gasteiger partial charge in [0.15, 0.2) is 0 Å². The maximum absolute atomic E-state index is 11.3. The molecule has 0 heterocycles. The molecule has 2 N–H and O–H groups in total. The van der Waals surface area contributed by atoms with Gasteiger partial charge in [-0.25, -0.2) is 0 Å². The number of hydrogen-bond donors (Lipinski definition) is 2. The van der Waals surface area contributed by atoms with Crippen LogP contribution in [0.5, 0.6) is 0 Å². The highest BCUT2D eigenvalue weighted by molar-refractivity contribution is 5.89. The summed E-state index contributed by atoms with van der Waals surface area (Å²) in [5.41, 5.74) is 2.34. The number of likely N-dealkylation sites (N-methyl/N-ethyl adjacent to an activating group) is 1. The second-order valence-electron chi connectivity index (χ2n) is 6.27. The molecule has 1 amide bonds. The summed E-state index contributed by atoms with van der Waals surface area (Å²) in [6.07, 6.45) is 5.17. The van der Waals surface area contributed by atoms with Crippen LogP contribution in [0, 0.1) is 0 Å². The smallest absolute Gasteiger partial charge is 0.221 e. The second-order valence-corrected chi connectivity index (χ2v) is 6.27. The number of para-hydroxylation sites is 1. The third-order valence-electron chi connectivity index (χ3n) is 4.58. The minimum absolute atomic E-state index is 0.0250. The topological polar surface area (TPSA) is 44.4 Å². The van der Waals surface area contributed by atoms with Crippen molar-refractivity contribution in [1.82, 2.24) is 10.2 Å². The van der Waals surface area contributed by atoms with Gasteiger partial charge in [-0.05, 0) is 38.6 Å². The number of rotatable bonds is 6. The standard InChI is InChI=1S/C17H27N3O/c1-14(21)19-16-9-5-4-8-15(16)12-18-13-17(20(2)3)10-6-7-11-17/h4-5,8-9,18H,6-7,10-13H2,1-3H3,(H,19,21). The maximum atomic E-state index is 11.3. The van der Waals surface area contributed by atoms with Crippen LogP contribution in [0.4, 0.5) is 5.69 Å². The summed E-state index contributed by atoms with van der Waals surface area (Å²) in [6, 6.07) is 7.98.